The molecule has 2 rings (SSSR count). The van der Waals surface area contributed by atoms with Crippen molar-refractivity contribution < 1.29 is 4.74 Å². The molecule has 0 spiro atoms. The summed E-state index contributed by atoms with van der Waals surface area (Å²) >= 11 is 7.17. The quantitative estimate of drug-likeness (QED) is 0.863. The van der Waals surface area contributed by atoms with E-state index in [2.05, 4.69) is 11.4 Å². The first-order chi connectivity index (χ1) is 10.0. The summed E-state index contributed by atoms with van der Waals surface area (Å²) in [5, 5.41) is 13.8. The van der Waals surface area contributed by atoms with E-state index in [1.807, 2.05) is 38.1 Å². The molecule has 21 heavy (non-hydrogen) atoms. The topological polar surface area (TPSA) is 71.1 Å². The second-order valence-corrected chi connectivity index (χ2v) is 6.22. The highest BCUT2D eigenvalue weighted by molar-refractivity contribution is 7.17. The minimum Gasteiger partial charge on any atom is -0.486 e. The highest BCUT2D eigenvalue weighted by Crippen LogP contribution is 2.42. The van der Waals surface area contributed by atoms with Crippen LogP contribution in [0, 0.1) is 11.3 Å². The monoisotopic (exact) mass is 321 g/mol. The third kappa shape index (κ3) is 3.81. The molecule has 1 aromatic heterocycles. The number of hydrogen-bond donors (Lipinski definition) is 2. The van der Waals surface area contributed by atoms with Gasteiger partial charge in [0.15, 0.2) is 5.75 Å². The number of nitriles is 1. The van der Waals surface area contributed by atoms with E-state index in [0.29, 0.717) is 27.9 Å². The van der Waals surface area contributed by atoms with Crippen molar-refractivity contribution in [2.75, 3.05) is 11.1 Å². The number of rotatable bonds is 5. The highest BCUT2D eigenvalue weighted by Gasteiger charge is 2.18. The van der Waals surface area contributed by atoms with Crippen molar-refractivity contribution in [1.29, 1.82) is 5.26 Å². The van der Waals surface area contributed by atoms with Crippen molar-refractivity contribution in [2.24, 2.45) is 0 Å². The second kappa shape index (κ2) is 6.70. The second-order valence-electron chi connectivity index (χ2n) is 4.76. The van der Waals surface area contributed by atoms with Crippen molar-refractivity contribution in [2.45, 2.75) is 26.5 Å². The van der Waals surface area contributed by atoms with Gasteiger partial charge in [0.2, 0.25) is 0 Å². The number of nitrogen functional groups attached to an aromatic ring is 1. The molecule has 0 radical (unpaired) electrons. The lowest BCUT2D eigenvalue weighted by Gasteiger charge is -2.12. The van der Waals surface area contributed by atoms with E-state index in [9.17, 15) is 0 Å². The Labute approximate surface area is 133 Å². The largest absolute Gasteiger partial charge is 0.486 e. The summed E-state index contributed by atoms with van der Waals surface area (Å²) in [6.07, 6.45) is -0.00970. The zero-order valence-electron chi connectivity index (χ0n) is 11.8. The lowest BCUT2D eigenvalue weighted by Crippen LogP contribution is -2.08. The molecule has 0 unspecified atom stereocenters. The number of nitrogens with one attached hydrogen (secondary N) is 1. The van der Waals surface area contributed by atoms with Crippen LogP contribution in [0.1, 0.15) is 24.3 Å². The molecule has 1 aromatic carbocycles. The van der Waals surface area contributed by atoms with E-state index in [4.69, 9.17) is 27.3 Å². The van der Waals surface area contributed by atoms with Crippen LogP contribution in [0.3, 0.4) is 0 Å². The van der Waals surface area contributed by atoms with Gasteiger partial charge in [-0.2, -0.15) is 5.26 Å². The van der Waals surface area contributed by atoms with Crippen molar-refractivity contribution in [3.8, 4) is 11.8 Å². The van der Waals surface area contributed by atoms with Crippen LogP contribution in [-0.2, 0) is 6.54 Å². The van der Waals surface area contributed by atoms with Gasteiger partial charge in [-0.05, 0) is 31.5 Å². The number of benzene rings is 1. The first-order valence-electron chi connectivity index (χ1n) is 6.48. The van der Waals surface area contributed by atoms with E-state index in [1.54, 1.807) is 0 Å². The molecular weight excluding hydrogens is 306 g/mol. The van der Waals surface area contributed by atoms with Crippen LogP contribution >= 0.6 is 22.9 Å². The van der Waals surface area contributed by atoms with Crippen LogP contribution in [0.15, 0.2) is 24.3 Å². The Morgan fingerprint density at radius 2 is 2.05 bits per heavy atom. The molecule has 0 aliphatic rings. The van der Waals surface area contributed by atoms with Crippen LogP contribution < -0.4 is 15.8 Å². The number of anilines is 2. The molecule has 0 saturated heterocycles. The lowest BCUT2D eigenvalue weighted by atomic mass is 10.2. The number of halogens is 1. The minimum absolute atomic E-state index is 0.00970. The molecule has 3 N–H and O–H groups in total. The maximum Gasteiger partial charge on any atom is 0.178 e. The lowest BCUT2D eigenvalue weighted by molar-refractivity contribution is 0.246. The average molecular weight is 322 g/mol. The van der Waals surface area contributed by atoms with E-state index in [1.165, 1.54) is 11.3 Å². The van der Waals surface area contributed by atoms with Gasteiger partial charge in [0.05, 0.1) is 6.10 Å². The van der Waals surface area contributed by atoms with Crippen LogP contribution in [0.4, 0.5) is 10.7 Å². The van der Waals surface area contributed by atoms with E-state index < -0.39 is 0 Å². The number of nitrogens with two attached hydrogens (primary N) is 1. The number of ether oxygens (including phenoxy) is 1. The summed E-state index contributed by atoms with van der Waals surface area (Å²) in [5.41, 5.74) is 7.44. The van der Waals surface area contributed by atoms with Crippen LogP contribution in [0.2, 0.25) is 5.02 Å². The zero-order valence-corrected chi connectivity index (χ0v) is 13.4. The standard InChI is InChI=1S/C15H16ClN3OS/c1-9(2)20-14-13(18)12(7-17)21-15(14)19-8-10-3-5-11(16)6-4-10/h3-6,9,19H,8,18H2,1-2H3. The Kier molecular flexibility index (Phi) is 4.94. The maximum atomic E-state index is 9.09. The summed E-state index contributed by atoms with van der Waals surface area (Å²) in [6, 6.07) is 9.66. The van der Waals surface area contributed by atoms with Gasteiger partial charge in [-0.15, -0.1) is 11.3 Å². The molecule has 0 aliphatic heterocycles. The molecule has 0 saturated carbocycles. The summed E-state index contributed by atoms with van der Waals surface area (Å²) in [6.45, 7) is 4.45. The number of thiophene rings is 1. The molecule has 4 nitrogen and oxygen atoms in total. The SMILES string of the molecule is CC(C)Oc1c(NCc2ccc(Cl)cc2)sc(C#N)c1N. The summed E-state index contributed by atoms with van der Waals surface area (Å²) < 4.78 is 5.72. The minimum atomic E-state index is -0.00970. The summed E-state index contributed by atoms with van der Waals surface area (Å²) in [5.74, 6) is 0.556. The van der Waals surface area contributed by atoms with Gasteiger partial charge < -0.3 is 15.8 Å². The Hall–Kier alpha value is -1.90. The van der Waals surface area contributed by atoms with E-state index in [-0.39, 0.29) is 6.10 Å². The van der Waals surface area contributed by atoms with Gasteiger partial charge >= 0.3 is 0 Å². The van der Waals surface area contributed by atoms with Crippen LogP contribution in [-0.4, -0.2) is 6.10 Å². The Morgan fingerprint density at radius 1 is 1.38 bits per heavy atom. The van der Waals surface area contributed by atoms with Crippen molar-refractivity contribution in [1.82, 2.24) is 0 Å². The van der Waals surface area contributed by atoms with Gasteiger partial charge in [-0.1, -0.05) is 23.7 Å². The molecule has 0 amide bonds. The molecule has 1 heterocycles. The fraction of sp³-hybridized carbons (Fsp3) is 0.267. The number of hydrogen-bond acceptors (Lipinski definition) is 5. The fourth-order valence-corrected chi connectivity index (χ4v) is 2.74. The third-order valence-electron chi connectivity index (χ3n) is 2.72. The molecule has 2 aromatic rings. The van der Waals surface area contributed by atoms with Crippen molar-refractivity contribution in [3.05, 3.63) is 39.7 Å². The molecule has 0 aliphatic carbocycles. The number of nitrogens with zero attached hydrogens (tertiary/aromatic N) is 1. The predicted octanol–water partition coefficient (Wildman–Crippen LogP) is 4.25. The van der Waals surface area contributed by atoms with Gasteiger partial charge in [0.1, 0.15) is 21.6 Å². The van der Waals surface area contributed by atoms with Gasteiger partial charge in [0, 0.05) is 11.6 Å². The van der Waals surface area contributed by atoms with Crippen molar-refractivity contribution in [3.63, 3.8) is 0 Å². The molecular formula is C15H16ClN3OS. The van der Waals surface area contributed by atoms with Crippen molar-refractivity contribution >= 4 is 33.6 Å². The van der Waals surface area contributed by atoms with Crippen LogP contribution in [0.25, 0.3) is 0 Å². The first kappa shape index (κ1) is 15.5. The summed E-state index contributed by atoms with van der Waals surface area (Å²) in [4.78, 5) is 0.462. The molecule has 6 heteroatoms. The predicted molar refractivity (Wildman–Crippen MR) is 88.0 cm³/mol. The Balaban J connectivity index is 2.18. The van der Waals surface area contributed by atoms with Crippen LogP contribution in [0.5, 0.6) is 5.75 Å². The molecule has 0 fully saturated rings. The molecule has 0 bridgehead atoms. The van der Waals surface area contributed by atoms with Gasteiger partial charge in [-0.3, -0.25) is 0 Å². The highest BCUT2D eigenvalue weighted by atomic mass is 35.5. The fourth-order valence-electron chi connectivity index (χ4n) is 1.77. The third-order valence-corrected chi connectivity index (χ3v) is 4.02. The maximum absolute atomic E-state index is 9.09. The Morgan fingerprint density at radius 3 is 2.62 bits per heavy atom. The van der Waals surface area contributed by atoms with E-state index in [0.717, 1.165) is 10.6 Å². The normalized spacial score (nSPS) is 10.4. The molecule has 110 valence electrons. The average Bonchev–Trinajstić information content (AvgIpc) is 2.74. The first-order valence-corrected chi connectivity index (χ1v) is 7.68. The van der Waals surface area contributed by atoms with Gasteiger partial charge in [0.25, 0.3) is 0 Å². The zero-order chi connectivity index (χ0) is 15.4. The van der Waals surface area contributed by atoms with Gasteiger partial charge in [-0.25, -0.2) is 0 Å². The molecule has 0 atom stereocenters. The van der Waals surface area contributed by atoms with E-state index >= 15 is 0 Å². The summed E-state index contributed by atoms with van der Waals surface area (Å²) in [7, 11) is 0. The Bertz CT molecular complexity index is 659. The smallest absolute Gasteiger partial charge is 0.178 e.